The summed E-state index contributed by atoms with van der Waals surface area (Å²) in [6.07, 6.45) is 3.45. The first kappa shape index (κ1) is 16.4. The lowest BCUT2D eigenvalue weighted by molar-refractivity contribution is -0.122. The van der Waals surface area contributed by atoms with Crippen LogP contribution in [0, 0.1) is 6.92 Å². The maximum absolute atomic E-state index is 12.3. The SMILES string of the molecule is Cc1ccc2c(c1)C(NC(=O)CCCn1cnnn1)CC(C)(C)O2. The standard InChI is InChI=1S/C17H23N5O2/c1-12-6-7-15-13(9-12)14(10-17(2,3)24-15)19-16(23)5-4-8-22-11-18-20-21-22/h6-7,9,11,14H,4-5,8,10H2,1-3H3,(H,19,23). The van der Waals surface area contributed by atoms with Gasteiger partial charge in [-0.25, -0.2) is 4.68 Å². The van der Waals surface area contributed by atoms with Gasteiger partial charge in [-0.3, -0.25) is 4.79 Å². The van der Waals surface area contributed by atoms with Gasteiger partial charge in [-0.1, -0.05) is 17.7 Å². The summed E-state index contributed by atoms with van der Waals surface area (Å²) >= 11 is 0. The Kier molecular flexibility index (Phi) is 4.51. The third-order valence-electron chi connectivity index (χ3n) is 4.14. The number of aryl methyl sites for hydroxylation is 2. The molecule has 1 aromatic carbocycles. The Balaban J connectivity index is 1.63. The first-order valence-corrected chi connectivity index (χ1v) is 8.23. The number of ether oxygens (including phenoxy) is 1. The van der Waals surface area contributed by atoms with E-state index in [9.17, 15) is 4.79 Å². The average molecular weight is 329 g/mol. The van der Waals surface area contributed by atoms with E-state index in [1.54, 1.807) is 11.0 Å². The third kappa shape index (κ3) is 3.90. The van der Waals surface area contributed by atoms with Gasteiger partial charge in [-0.05, 0) is 43.7 Å². The Hall–Kier alpha value is -2.44. The summed E-state index contributed by atoms with van der Waals surface area (Å²) in [5.74, 6) is 0.897. The molecule has 1 atom stereocenters. The van der Waals surface area contributed by atoms with E-state index >= 15 is 0 Å². The highest BCUT2D eigenvalue weighted by molar-refractivity contribution is 5.76. The van der Waals surface area contributed by atoms with Crippen LogP contribution in [0.3, 0.4) is 0 Å². The van der Waals surface area contributed by atoms with E-state index in [1.165, 1.54) is 0 Å². The van der Waals surface area contributed by atoms with Crippen LogP contribution in [0.2, 0.25) is 0 Å². The molecule has 1 aromatic heterocycles. The Morgan fingerprint density at radius 3 is 3.04 bits per heavy atom. The molecule has 7 nitrogen and oxygen atoms in total. The lowest BCUT2D eigenvalue weighted by atomic mass is 9.89. The van der Waals surface area contributed by atoms with Crippen LogP contribution in [0.1, 0.15) is 50.3 Å². The van der Waals surface area contributed by atoms with Gasteiger partial charge >= 0.3 is 0 Å². The molecule has 0 spiro atoms. The third-order valence-corrected chi connectivity index (χ3v) is 4.14. The van der Waals surface area contributed by atoms with Crippen molar-refractivity contribution >= 4 is 5.91 Å². The normalized spacial score (nSPS) is 18.5. The van der Waals surface area contributed by atoms with Crippen molar-refractivity contribution in [1.29, 1.82) is 0 Å². The van der Waals surface area contributed by atoms with Gasteiger partial charge in [-0.15, -0.1) is 5.10 Å². The van der Waals surface area contributed by atoms with Gasteiger partial charge in [0.05, 0.1) is 6.04 Å². The second-order valence-corrected chi connectivity index (χ2v) is 6.90. The van der Waals surface area contributed by atoms with Crippen molar-refractivity contribution in [1.82, 2.24) is 25.5 Å². The molecule has 128 valence electrons. The molecule has 3 rings (SSSR count). The number of hydrogen-bond donors (Lipinski definition) is 1. The predicted octanol–water partition coefficient (Wildman–Crippen LogP) is 2.18. The lowest BCUT2D eigenvalue weighted by Gasteiger charge is -2.38. The van der Waals surface area contributed by atoms with Crippen molar-refractivity contribution in [3.8, 4) is 5.75 Å². The molecule has 0 aliphatic carbocycles. The number of hydrogen-bond acceptors (Lipinski definition) is 5. The zero-order valence-corrected chi connectivity index (χ0v) is 14.3. The Morgan fingerprint density at radius 2 is 2.29 bits per heavy atom. The number of fused-ring (bicyclic) bond motifs is 1. The van der Waals surface area contributed by atoms with Gasteiger partial charge in [0.2, 0.25) is 5.91 Å². The van der Waals surface area contributed by atoms with Crippen LogP contribution in [0.15, 0.2) is 24.5 Å². The summed E-state index contributed by atoms with van der Waals surface area (Å²) in [6, 6.07) is 6.09. The first-order chi connectivity index (χ1) is 11.4. The monoisotopic (exact) mass is 329 g/mol. The van der Waals surface area contributed by atoms with E-state index in [2.05, 4.69) is 26.9 Å². The minimum atomic E-state index is -0.299. The number of rotatable bonds is 5. The molecule has 0 saturated heterocycles. The van der Waals surface area contributed by atoms with Gasteiger partial charge in [0.15, 0.2) is 0 Å². The number of aromatic nitrogens is 4. The first-order valence-electron chi connectivity index (χ1n) is 8.23. The summed E-state index contributed by atoms with van der Waals surface area (Å²) < 4.78 is 7.67. The Labute approximate surface area is 141 Å². The van der Waals surface area contributed by atoms with Crippen LogP contribution >= 0.6 is 0 Å². The van der Waals surface area contributed by atoms with Crippen molar-refractivity contribution < 1.29 is 9.53 Å². The van der Waals surface area contributed by atoms with E-state index in [1.807, 2.05) is 32.9 Å². The van der Waals surface area contributed by atoms with Crippen LogP contribution < -0.4 is 10.1 Å². The molecule has 1 aliphatic heterocycles. The molecule has 1 unspecified atom stereocenters. The van der Waals surface area contributed by atoms with Crippen LogP contribution in [0.4, 0.5) is 0 Å². The smallest absolute Gasteiger partial charge is 0.220 e. The molecule has 1 aliphatic rings. The molecule has 24 heavy (non-hydrogen) atoms. The molecule has 1 N–H and O–H groups in total. The summed E-state index contributed by atoms with van der Waals surface area (Å²) in [4.78, 5) is 12.3. The van der Waals surface area contributed by atoms with E-state index in [0.717, 1.165) is 23.3 Å². The second kappa shape index (κ2) is 6.59. The van der Waals surface area contributed by atoms with E-state index in [4.69, 9.17) is 4.74 Å². The zero-order valence-electron chi connectivity index (χ0n) is 14.3. The largest absolute Gasteiger partial charge is 0.487 e. The van der Waals surface area contributed by atoms with Gasteiger partial charge in [0.1, 0.15) is 17.7 Å². The molecule has 2 heterocycles. The van der Waals surface area contributed by atoms with Crippen molar-refractivity contribution in [2.24, 2.45) is 0 Å². The highest BCUT2D eigenvalue weighted by atomic mass is 16.5. The highest BCUT2D eigenvalue weighted by Gasteiger charge is 2.34. The van der Waals surface area contributed by atoms with Crippen LogP contribution in [-0.4, -0.2) is 31.7 Å². The van der Waals surface area contributed by atoms with Crippen LogP contribution in [0.5, 0.6) is 5.75 Å². The summed E-state index contributed by atoms with van der Waals surface area (Å²) in [6.45, 7) is 6.78. The van der Waals surface area contributed by atoms with Crippen molar-refractivity contribution in [2.45, 2.75) is 58.2 Å². The van der Waals surface area contributed by atoms with Gasteiger partial charge < -0.3 is 10.1 Å². The molecule has 7 heteroatoms. The topological polar surface area (TPSA) is 81.9 Å². The number of carbonyl (C=O) groups excluding carboxylic acids is 1. The van der Waals surface area contributed by atoms with Gasteiger partial charge in [-0.2, -0.15) is 0 Å². The number of tetrazole rings is 1. The maximum Gasteiger partial charge on any atom is 0.220 e. The number of nitrogens with one attached hydrogen (secondary N) is 1. The fourth-order valence-electron chi connectivity index (χ4n) is 3.05. The Bertz CT molecular complexity index is 712. The van der Waals surface area contributed by atoms with E-state index < -0.39 is 0 Å². The minimum absolute atomic E-state index is 0.0239. The summed E-state index contributed by atoms with van der Waals surface area (Å²) in [7, 11) is 0. The lowest BCUT2D eigenvalue weighted by Crippen LogP contribution is -2.41. The number of nitrogens with zero attached hydrogens (tertiary/aromatic N) is 4. The molecule has 0 bridgehead atoms. The van der Waals surface area contributed by atoms with Crippen molar-refractivity contribution in [3.63, 3.8) is 0 Å². The quantitative estimate of drug-likeness (QED) is 0.909. The molecule has 0 saturated carbocycles. The van der Waals surface area contributed by atoms with Gasteiger partial charge in [0, 0.05) is 24.9 Å². The van der Waals surface area contributed by atoms with Crippen LogP contribution in [0.25, 0.3) is 0 Å². The minimum Gasteiger partial charge on any atom is -0.487 e. The second-order valence-electron chi connectivity index (χ2n) is 6.90. The fourth-order valence-corrected chi connectivity index (χ4v) is 3.05. The maximum atomic E-state index is 12.3. The molecular weight excluding hydrogens is 306 g/mol. The molecular formula is C17H23N5O2. The zero-order chi connectivity index (χ0) is 17.2. The predicted molar refractivity (Wildman–Crippen MR) is 88.4 cm³/mol. The molecule has 0 fully saturated rings. The van der Waals surface area contributed by atoms with Gasteiger partial charge in [0.25, 0.3) is 0 Å². The fraction of sp³-hybridized carbons (Fsp3) is 0.529. The summed E-state index contributed by atoms with van der Waals surface area (Å²) in [5.41, 5.74) is 1.92. The Morgan fingerprint density at radius 1 is 1.46 bits per heavy atom. The average Bonchev–Trinajstić information content (AvgIpc) is 3.00. The molecule has 2 aromatic rings. The highest BCUT2D eigenvalue weighted by Crippen LogP contribution is 2.39. The van der Waals surface area contributed by atoms with E-state index in [0.29, 0.717) is 19.4 Å². The molecule has 1 amide bonds. The number of benzene rings is 1. The summed E-state index contributed by atoms with van der Waals surface area (Å²) in [5, 5.41) is 14.1. The number of amides is 1. The van der Waals surface area contributed by atoms with Crippen LogP contribution in [-0.2, 0) is 11.3 Å². The number of carbonyl (C=O) groups is 1. The van der Waals surface area contributed by atoms with E-state index in [-0.39, 0.29) is 17.6 Å². The molecule has 0 radical (unpaired) electrons. The van der Waals surface area contributed by atoms with Crippen molar-refractivity contribution in [2.75, 3.05) is 0 Å². The van der Waals surface area contributed by atoms with Crippen molar-refractivity contribution in [3.05, 3.63) is 35.7 Å².